The highest BCUT2D eigenvalue weighted by atomic mass is 16.5. The van der Waals surface area contributed by atoms with Crippen molar-refractivity contribution in [3.8, 4) is 0 Å². The number of amides is 1. The molecule has 2 heterocycles. The van der Waals surface area contributed by atoms with Gasteiger partial charge in [0.25, 0.3) is 0 Å². The van der Waals surface area contributed by atoms with Gasteiger partial charge < -0.3 is 14.6 Å². The second kappa shape index (κ2) is 8.30. The van der Waals surface area contributed by atoms with Crippen molar-refractivity contribution in [3.63, 3.8) is 0 Å². The molecule has 1 N–H and O–H groups in total. The Morgan fingerprint density at radius 1 is 1.19 bits per heavy atom. The summed E-state index contributed by atoms with van der Waals surface area (Å²) in [5, 5.41) is 1.12. The number of allylic oxidation sites excluding steroid dienone is 1. The number of aromatic nitrogens is 1. The number of fused-ring (bicyclic) bond motifs is 3. The molecule has 3 aromatic rings. The Labute approximate surface area is 188 Å². The minimum atomic E-state index is -0.488. The van der Waals surface area contributed by atoms with Crippen molar-refractivity contribution in [2.75, 3.05) is 13.2 Å². The summed E-state index contributed by atoms with van der Waals surface area (Å²) in [5.74, 6) is -0.761. The van der Waals surface area contributed by atoms with E-state index in [1.54, 1.807) is 0 Å². The molecule has 0 radical (unpaired) electrons. The first-order valence-corrected chi connectivity index (χ1v) is 11.4. The molecular weight excluding hydrogens is 400 g/mol. The molecule has 1 aliphatic carbocycles. The first-order chi connectivity index (χ1) is 15.6. The topological polar surface area (TPSA) is 62.4 Å². The highest BCUT2D eigenvalue weighted by Crippen LogP contribution is 2.48. The number of carbonyl (C=O) groups is 2. The fourth-order valence-electron chi connectivity index (χ4n) is 5.17. The number of nitrogens with zero attached hydrogens (tertiary/aromatic N) is 1. The van der Waals surface area contributed by atoms with E-state index in [4.69, 9.17) is 4.74 Å². The van der Waals surface area contributed by atoms with Crippen LogP contribution >= 0.6 is 0 Å². The maximum Gasteiger partial charge on any atom is 0.315 e. The SMILES string of the molecule is CCOC(=O)C1c2[nH]c3ccccc3c2C/C(=C\N2CCCC2=O)C1c1ccc(C)cc1. The quantitative estimate of drug-likeness (QED) is 0.597. The van der Waals surface area contributed by atoms with Crippen LogP contribution in [0.1, 0.15) is 54.0 Å². The average Bonchev–Trinajstić information content (AvgIpc) is 3.37. The van der Waals surface area contributed by atoms with E-state index >= 15 is 0 Å². The number of para-hydroxylation sites is 1. The molecule has 1 fully saturated rings. The van der Waals surface area contributed by atoms with Gasteiger partial charge in [0.15, 0.2) is 0 Å². The van der Waals surface area contributed by atoms with Crippen molar-refractivity contribution in [1.29, 1.82) is 0 Å². The standard InChI is InChI=1S/C27H28N2O3/c1-3-32-27(31)25-24(18-12-10-17(2)11-13-18)19(16-29-14-6-9-23(29)30)15-21-20-7-4-5-8-22(20)28-26(21)25/h4-5,7-8,10-13,16,24-25,28H,3,6,9,14-15H2,1-2H3/b19-16+. The normalized spacial score (nSPS) is 21.9. The number of ether oxygens (including phenoxy) is 1. The number of H-pyrrole nitrogens is 1. The zero-order chi connectivity index (χ0) is 22.2. The number of aryl methyl sites for hydroxylation is 1. The van der Waals surface area contributed by atoms with Gasteiger partial charge in [-0.1, -0.05) is 48.0 Å². The molecule has 32 heavy (non-hydrogen) atoms. The largest absolute Gasteiger partial charge is 0.465 e. The second-order valence-electron chi connectivity index (χ2n) is 8.75. The molecule has 2 atom stereocenters. The Hall–Kier alpha value is -3.34. The Balaban J connectivity index is 1.72. The molecule has 2 unspecified atom stereocenters. The van der Waals surface area contributed by atoms with E-state index in [9.17, 15) is 9.59 Å². The molecule has 5 nitrogen and oxygen atoms in total. The molecule has 1 amide bonds. The number of likely N-dealkylation sites (tertiary alicyclic amines) is 1. The predicted octanol–water partition coefficient (Wildman–Crippen LogP) is 4.97. The van der Waals surface area contributed by atoms with E-state index in [2.05, 4.69) is 42.2 Å². The highest BCUT2D eigenvalue weighted by Gasteiger charge is 2.42. The van der Waals surface area contributed by atoms with E-state index in [0.29, 0.717) is 19.4 Å². The maximum atomic E-state index is 13.4. The molecule has 164 valence electrons. The lowest BCUT2D eigenvalue weighted by atomic mass is 9.71. The number of hydrogen-bond acceptors (Lipinski definition) is 3. The molecule has 0 saturated carbocycles. The summed E-state index contributed by atoms with van der Waals surface area (Å²) in [4.78, 5) is 31.2. The van der Waals surface area contributed by atoms with Gasteiger partial charge in [0.1, 0.15) is 5.92 Å². The molecule has 1 aliphatic heterocycles. The average molecular weight is 429 g/mol. The van der Waals surface area contributed by atoms with Crippen LogP contribution in [0.25, 0.3) is 10.9 Å². The maximum absolute atomic E-state index is 13.4. The van der Waals surface area contributed by atoms with Crippen molar-refractivity contribution in [2.45, 2.75) is 44.9 Å². The molecule has 5 rings (SSSR count). The summed E-state index contributed by atoms with van der Waals surface area (Å²) in [7, 11) is 0. The monoisotopic (exact) mass is 428 g/mol. The van der Waals surface area contributed by atoms with Crippen LogP contribution < -0.4 is 0 Å². The van der Waals surface area contributed by atoms with Gasteiger partial charge in [-0.05, 0) is 49.5 Å². The van der Waals surface area contributed by atoms with E-state index in [1.165, 1.54) is 5.56 Å². The van der Waals surface area contributed by atoms with Crippen LogP contribution in [-0.4, -0.2) is 34.9 Å². The second-order valence-corrected chi connectivity index (χ2v) is 8.75. The predicted molar refractivity (Wildman–Crippen MR) is 124 cm³/mol. The van der Waals surface area contributed by atoms with Crippen LogP contribution in [0, 0.1) is 6.92 Å². The third-order valence-corrected chi connectivity index (χ3v) is 6.68. The zero-order valence-corrected chi connectivity index (χ0v) is 18.6. The summed E-state index contributed by atoms with van der Waals surface area (Å²) in [5.41, 5.74) is 6.40. The van der Waals surface area contributed by atoms with Crippen molar-refractivity contribution >= 4 is 22.8 Å². The molecule has 0 spiro atoms. The summed E-state index contributed by atoms with van der Waals surface area (Å²) >= 11 is 0. The fourth-order valence-corrected chi connectivity index (χ4v) is 5.17. The minimum Gasteiger partial charge on any atom is -0.465 e. The summed E-state index contributed by atoms with van der Waals surface area (Å²) in [6.45, 7) is 4.96. The van der Waals surface area contributed by atoms with Crippen molar-refractivity contribution in [1.82, 2.24) is 9.88 Å². The van der Waals surface area contributed by atoms with Crippen LogP contribution in [0.4, 0.5) is 0 Å². The first kappa shape index (κ1) is 20.6. The molecule has 0 bridgehead atoms. The van der Waals surface area contributed by atoms with Gasteiger partial charge in [0, 0.05) is 41.7 Å². The van der Waals surface area contributed by atoms with Gasteiger partial charge >= 0.3 is 5.97 Å². The first-order valence-electron chi connectivity index (χ1n) is 11.4. The number of aromatic amines is 1. The number of carbonyl (C=O) groups excluding carboxylic acids is 2. The Kier molecular flexibility index (Phi) is 5.33. The van der Waals surface area contributed by atoms with E-state index < -0.39 is 5.92 Å². The molecular formula is C27H28N2O3. The molecule has 1 aromatic heterocycles. The van der Waals surface area contributed by atoms with Gasteiger partial charge in [-0.15, -0.1) is 0 Å². The van der Waals surface area contributed by atoms with Gasteiger partial charge in [0.05, 0.1) is 6.61 Å². The summed E-state index contributed by atoms with van der Waals surface area (Å²) in [6, 6.07) is 16.5. The van der Waals surface area contributed by atoms with Gasteiger partial charge in [0.2, 0.25) is 5.91 Å². The lowest BCUT2D eigenvalue weighted by Gasteiger charge is -2.34. The fraction of sp³-hybridized carbons (Fsp3) is 0.333. The smallest absolute Gasteiger partial charge is 0.315 e. The van der Waals surface area contributed by atoms with Crippen LogP contribution in [0.15, 0.2) is 60.3 Å². The number of rotatable bonds is 4. The number of esters is 1. The van der Waals surface area contributed by atoms with Gasteiger partial charge in [-0.2, -0.15) is 0 Å². The molecule has 1 saturated heterocycles. The zero-order valence-electron chi connectivity index (χ0n) is 18.6. The summed E-state index contributed by atoms with van der Waals surface area (Å²) in [6.07, 6.45) is 4.16. The van der Waals surface area contributed by atoms with E-state index in [1.807, 2.05) is 36.2 Å². The molecule has 2 aliphatic rings. The van der Waals surface area contributed by atoms with Crippen LogP contribution in [-0.2, 0) is 20.7 Å². The number of nitrogens with one attached hydrogen (secondary N) is 1. The summed E-state index contributed by atoms with van der Waals surface area (Å²) < 4.78 is 5.58. The minimum absolute atomic E-state index is 0.151. The lowest BCUT2D eigenvalue weighted by Crippen LogP contribution is -2.31. The third-order valence-electron chi connectivity index (χ3n) is 6.68. The molecule has 2 aromatic carbocycles. The van der Waals surface area contributed by atoms with Gasteiger partial charge in [-0.25, -0.2) is 0 Å². The van der Waals surface area contributed by atoms with Crippen LogP contribution in [0.5, 0.6) is 0 Å². The Morgan fingerprint density at radius 3 is 2.69 bits per heavy atom. The highest BCUT2D eigenvalue weighted by molar-refractivity contribution is 5.90. The molecule has 5 heteroatoms. The van der Waals surface area contributed by atoms with E-state index in [0.717, 1.165) is 46.3 Å². The Bertz CT molecular complexity index is 1210. The van der Waals surface area contributed by atoms with Gasteiger partial charge in [-0.3, -0.25) is 9.59 Å². The number of benzene rings is 2. The third kappa shape index (κ3) is 3.52. The van der Waals surface area contributed by atoms with E-state index in [-0.39, 0.29) is 17.8 Å². The number of hydrogen-bond donors (Lipinski definition) is 1. The lowest BCUT2D eigenvalue weighted by molar-refractivity contribution is -0.145. The van der Waals surface area contributed by atoms with Crippen molar-refractivity contribution in [2.24, 2.45) is 0 Å². The van der Waals surface area contributed by atoms with Crippen molar-refractivity contribution in [3.05, 3.63) is 82.7 Å². The van der Waals surface area contributed by atoms with Crippen LogP contribution in [0.2, 0.25) is 0 Å². The van der Waals surface area contributed by atoms with Crippen molar-refractivity contribution < 1.29 is 14.3 Å². The van der Waals surface area contributed by atoms with Crippen LogP contribution in [0.3, 0.4) is 0 Å². The Morgan fingerprint density at radius 2 is 1.97 bits per heavy atom.